The minimum absolute atomic E-state index is 0.0131. The monoisotopic (exact) mass is 322 g/mol. The first-order valence-corrected chi connectivity index (χ1v) is 8.18. The van der Waals surface area contributed by atoms with Crippen molar-refractivity contribution in [3.8, 4) is 0 Å². The van der Waals surface area contributed by atoms with E-state index >= 15 is 0 Å². The van der Waals surface area contributed by atoms with E-state index < -0.39 is 11.8 Å². The van der Waals surface area contributed by atoms with Gasteiger partial charge >= 0.3 is 11.8 Å². The molecule has 1 N–H and O–H groups in total. The van der Waals surface area contributed by atoms with Crippen LogP contribution in [0.15, 0.2) is 36.4 Å². The number of para-hydroxylation sites is 1. The van der Waals surface area contributed by atoms with Crippen LogP contribution in [-0.2, 0) is 16.0 Å². The van der Waals surface area contributed by atoms with Crippen LogP contribution in [0.1, 0.15) is 29.2 Å². The molecule has 2 aromatic carbocycles. The number of amides is 2. The van der Waals surface area contributed by atoms with E-state index in [-0.39, 0.29) is 6.04 Å². The Labute approximate surface area is 142 Å². The minimum atomic E-state index is -0.589. The summed E-state index contributed by atoms with van der Waals surface area (Å²) in [5, 5.41) is 2.80. The van der Waals surface area contributed by atoms with Crippen molar-refractivity contribution >= 4 is 23.2 Å². The van der Waals surface area contributed by atoms with Gasteiger partial charge in [-0.15, -0.1) is 0 Å². The fourth-order valence-electron chi connectivity index (χ4n) is 3.53. The smallest absolute Gasteiger partial charge is 0.316 e. The zero-order chi connectivity index (χ0) is 17.4. The molecule has 124 valence electrons. The molecule has 0 spiro atoms. The third-order valence-corrected chi connectivity index (χ3v) is 4.54. The van der Waals surface area contributed by atoms with E-state index in [2.05, 4.69) is 5.32 Å². The molecule has 0 bridgehead atoms. The predicted octanol–water partition coefficient (Wildman–Crippen LogP) is 3.53. The van der Waals surface area contributed by atoms with Crippen molar-refractivity contribution in [3.05, 3.63) is 58.7 Å². The summed E-state index contributed by atoms with van der Waals surface area (Å²) in [6, 6.07) is 11.7. The molecule has 1 heterocycles. The molecule has 2 aromatic rings. The van der Waals surface area contributed by atoms with Gasteiger partial charge in [0.05, 0.1) is 0 Å². The second kappa shape index (κ2) is 6.11. The maximum Gasteiger partial charge on any atom is 0.316 e. The van der Waals surface area contributed by atoms with E-state index in [9.17, 15) is 9.59 Å². The molecule has 0 saturated carbocycles. The third kappa shape index (κ3) is 2.80. The normalized spacial score (nSPS) is 16.0. The molecule has 4 nitrogen and oxygen atoms in total. The van der Waals surface area contributed by atoms with E-state index in [4.69, 9.17) is 0 Å². The Morgan fingerprint density at radius 1 is 1.08 bits per heavy atom. The fraction of sp³-hybridized carbons (Fsp3) is 0.300. The summed E-state index contributed by atoms with van der Waals surface area (Å²) in [4.78, 5) is 26.9. The van der Waals surface area contributed by atoms with Gasteiger partial charge in [-0.05, 0) is 56.9 Å². The highest BCUT2D eigenvalue weighted by atomic mass is 16.2. The highest BCUT2D eigenvalue weighted by Crippen LogP contribution is 2.32. The van der Waals surface area contributed by atoms with Crippen LogP contribution in [0.5, 0.6) is 0 Å². The molecule has 0 fully saturated rings. The van der Waals surface area contributed by atoms with Crippen molar-refractivity contribution in [2.45, 2.75) is 40.2 Å². The van der Waals surface area contributed by atoms with Crippen LogP contribution in [0.4, 0.5) is 11.4 Å². The first-order chi connectivity index (χ1) is 11.4. The lowest BCUT2D eigenvalue weighted by Gasteiger charge is -2.22. The molecule has 0 saturated heterocycles. The van der Waals surface area contributed by atoms with E-state index in [1.54, 1.807) is 4.90 Å². The molecule has 4 heteroatoms. The highest BCUT2D eigenvalue weighted by Gasteiger charge is 2.34. The van der Waals surface area contributed by atoms with Gasteiger partial charge in [0.15, 0.2) is 0 Å². The predicted molar refractivity (Wildman–Crippen MR) is 96.4 cm³/mol. The molecule has 1 unspecified atom stereocenters. The lowest BCUT2D eigenvalue weighted by atomic mass is 10.1. The van der Waals surface area contributed by atoms with Gasteiger partial charge in [-0.2, -0.15) is 0 Å². The molecular weight excluding hydrogens is 300 g/mol. The summed E-state index contributed by atoms with van der Waals surface area (Å²) in [6.07, 6.45) is 0.776. The molecule has 1 aliphatic heterocycles. The van der Waals surface area contributed by atoms with Crippen molar-refractivity contribution < 1.29 is 9.59 Å². The summed E-state index contributed by atoms with van der Waals surface area (Å²) in [6.45, 7) is 7.86. The Bertz CT molecular complexity index is 803. The summed E-state index contributed by atoms with van der Waals surface area (Å²) in [5.41, 5.74) is 5.72. The zero-order valence-corrected chi connectivity index (χ0v) is 14.5. The average molecular weight is 322 g/mol. The number of nitrogens with zero attached hydrogens (tertiary/aromatic N) is 1. The third-order valence-electron chi connectivity index (χ3n) is 4.54. The van der Waals surface area contributed by atoms with Gasteiger partial charge in [-0.25, -0.2) is 0 Å². The summed E-state index contributed by atoms with van der Waals surface area (Å²) in [7, 11) is 0. The topological polar surface area (TPSA) is 49.4 Å². The molecular formula is C20H22N2O2. The molecule has 2 amide bonds. The summed E-state index contributed by atoms with van der Waals surface area (Å²) in [5.74, 6) is -1.10. The number of hydrogen-bond acceptors (Lipinski definition) is 2. The van der Waals surface area contributed by atoms with Gasteiger partial charge in [-0.1, -0.05) is 35.9 Å². The van der Waals surface area contributed by atoms with E-state index in [0.717, 1.165) is 40.0 Å². The summed E-state index contributed by atoms with van der Waals surface area (Å²) >= 11 is 0. The molecule has 1 atom stereocenters. The summed E-state index contributed by atoms with van der Waals surface area (Å²) < 4.78 is 0. The molecule has 0 aliphatic carbocycles. The number of carbonyl (C=O) groups excluding carboxylic acids is 2. The van der Waals surface area contributed by atoms with Gasteiger partial charge < -0.3 is 10.2 Å². The number of aryl methyl sites for hydroxylation is 3. The first kappa shape index (κ1) is 16.2. The number of carbonyl (C=O) groups is 2. The number of hydrogen-bond donors (Lipinski definition) is 1. The van der Waals surface area contributed by atoms with Gasteiger partial charge in [0, 0.05) is 17.4 Å². The van der Waals surface area contributed by atoms with Gasteiger partial charge in [0.2, 0.25) is 0 Å². The Kier molecular flexibility index (Phi) is 4.14. The van der Waals surface area contributed by atoms with Gasteiger partial charge in [0.25, 0.3) is 0 Å². The van der Waals surface area contributed by atoms with Crippen molar-refractivity contribution in [1.29, 1.82) is 0 Å². The van der Waals surface area contributed by atoms with Gasteiger partial charge in [0.1, 0.15) is 0 Å². The zero-order valence-electron chi connectivity index (χ0n) is 14.5. The quantitative estimate of drug-likeness (QED) is 0.817. The SMILES string of the molecule is Cc1cc(C)c(NC(=O)C(=O)N2c3ccccc3CC2C)c(C)c1. The largest absolute Gasteiger partial charge is 0.317 e. The fourth-order valence-corrected chi connectivity index (χ4v) is 3.53. The van der Waals surface area contributed by atoms with Crippen LogP contribution in [0.2, 0.25) is 0 Å². The lowest BCUT2D eigenvalue weighted by Crippen LogP contribution is -2.43. The van der Waals surface area contributed by atoms with E-state index in [1.165, 1.54) is 0 Å². The maximum absolute atomic E-state index is 12.7. The van der Waals surface area contributed by atoms with Crippen molar-refractivity contribution in [3.63, 3.8) is 0 Å². The van der Waals surface area contributed by atoms with Crippen LogP contribution in [0, 0.1) is 20.8 Å². The average Bonchev–Trinajstić information content (AvgIpc) is 2.85. The van der Waals surface area contributed by atoms with Crippen LogP contribution in [0.25, 0.3) is 0 Å². The Morgan fingerprint density at radius 3 is 2.38 bits per heavy atom. The highest BCUT2D eigenvalue weighted by molar-refractivity contribution is 6.44. The van der Waals surface area contributed by atoms with Crippen LogP contribution < -0.4 is 10.2 Å². The van der Waals surface area contributed by atoms with Crippen LogP contribution in [0.3, 0.4) is 0 Å². The molecule has 0 aromatic heterocycles. The van der Waals surface area contributed by atoms with Crippen molar-refractivity contribution in [1.82, 2.24) is 0 Å². The van der Waals surface area contributed by atoms with E-state index in [1.807, 2.05) is 64.1 Å². The molecule has 0 radical (unpaired) electrons. The number of rotatable bonds is 1. The van der Waals surface area contributed by atoms with Crippen LogP contribution >= 0.6 is 0 Å². The molecule has 1 aliphatic rings. The van der Waals surface area contributed by atoms with Gasteiger partial charge in [-0.3, -0.25) is 9.59 Å². The van der Waals surface area contributed by atoms with E-state index in [0.29, 0.717) is 0 Å². The Hall–Kier alpha value is -2.62. The standard InChI is InChI=1S/C20H22N2O2/c1-12-9-13(2)18(14(3)10-12)21-19(23)20(24)22-15(4)11-16-7-5-6-8-17(16)22/h5-10,15H,11H2,1-4H3,(H,21,23). The maximum atomic E-state index is 12.7. The first-order valence-electron chi connectivity index (χ1n) is 8.18. The molecule has 3 rings (SSSR count). The number of nitrogens with one attached hydrogen (secondary N) is 1. The second-order valence-corrected chi connectivity index (χ2v) is 6.58. The molecule has 24 heavy (non-hydrogen) atoms. The van der Waals surface area contributed by atoms with Crippen molar-refractivity contribution in [2.24, 2.45) is 0 Å². The van der Waals surface area contributed by atoms with Crippen LogP contribution in [-0.4, -0.2) is 17.9 Å². The minimum Gasteiger partial charge on any atom is -0.317 e. The number of anilines is 2. The number of fused-ring (bicyclic) bond motifs is 1. The van der Waals surface area contributed by atoms with Crippen molar-refractivity contribution in [2.75, 3.05) is 10.2 Å². The Morgan fingerprint density at radius 2 is 1.71 bits per heavy atom. The number of benzene rings is 2. The lowest BCUT2D eigenvalue weighted by molar-refractivity contribution is -0.134. The Balaban J connectivity index is 1.85. The second-order valence-electron chi connectivity index (χ2n) is 6.58.